The van der Waals surface area contributed by atoms with Crippen molar-refractivity contribution >= 4 is 40.6 Å². The Morgan fingerprint density at radius 2 is 1.89 bits per heavy atom. The van der Waals surface area contributed by atoms with Crippen molar-refractivity contribution in [3.63, 3.8) is 0 Å². The highest BCUT2D eigenvalue weighted by Gasteiger charge is 2.46. The normalized spacial score (nSPS) is 16.2. The second kappa shape index (κ2) is 5.95. The van der Waals surface area contributed by atoms with Gasteiger partial charge in [0.2, 0.25) is 3.79 Å². The molecule has 0 saturated carbocycles. The Morgan fingerprint density at radius 1 is 1.32 bits per heavy atom. The molecule has 0 amide bonds. The number of carbonyl (C=O) groups is 1. The van der Waals surface area contributed by atoms with Crippen molar-refractivity contribution < 1.29 is 9.53 Å². The van der Waals surface area contributed by atoms with Crippen LogP contribution < -0.4 is 0 Å². The lowest BCUT2D eigenvalue weighted by molar-refractivity contribution is -0.134. The molecule has 2 unspecified atom stereocenters. The topological polar surface area (TPSA) is 57.0 Å². The predicted molar refractivity (Wildman–Crippen MR) is 74.6 cm³/mol. The van der Waals surface area contributed by atoms with Gasteiger partial charge in [0, 0.05) is 12.5 Å². The molecule has 5 nitrogen and oxygen atoms in total. The van der Waals surface area contributed by atoms with Crippen LogP contribution in [0.4, 0.5) is 0 Å². The van der Waals surface area contributed by atoms with E-state index in [9.17, 15) is 4.79 Å². The second-order valence-corrected chi connectivity index (χ2v) is 7.50. The summed E-state index contributed by atoms with van der Waals surface area (Å²) < 4.78 is 4.80. The lowest BCUT2D eigenvalue weighted by Gasteiger charge is -2.33. The molecule has 0 radical (unpaired) electrons. The van der Waals surface area contributed by atoms with Gasteiger partial charge in [-0.25, -0.2) is 9.67 Å². The highest BCUT2D eigenvalue weighted by Crippen LogP contribution is 2.40. The van der Waals surface area contributed by atoms with Crippen LogP contribution in [-0.2, 0) is 9.53 Å². The molecule has 0 N–H and O–H groups in total. The predicted octanol–water partition coefficient (Wildman–Crippen LogP) is 2.82. The van der Waals surface area contributed by atoms with Crippen molar-refractivity contribution in [2.24, 2.45) is 5.41 Å². The average Bonchev–Trinajstić information content (AvgIpc) is 2.74. The molecule has 1 heterocycles. The molecule has 0 aliphatic rings. The summed E-state index contributed by atoms with van der Waals surface area (Å²) in [4.78, 5) is 16.4. The Kier molecular flexibility index (Phi) is 5.23. The molecule has 0 saturated heterocycles. The van der Waals surface area contributed by atoms with Crippen LogP contribution in [0.1, 0.15) is 26.8 Å². The van der Waals surface area contributed by atoms with Gasteiger partial charge in [0.15, 0.2) is 5.78 Å². The van der Waals surface area contributed by atoms with E-state index in [1.54, 1.807) is 20.8 Å². The zero-order valence-electron chi connectivity index (χ0n) is 11.1. The number of nitrogens with zero attached hydrogens (tertiary/aromatic N) is 3. The molecule has 0 spiro atoms. The number of ketones is 1. The van der Waals surface area contributed by atoms with Crippen molar-refractivity contribution in [3.05, 3.63) is 12.7 Å². The average molecular weight is 329 g/mol. The van der Waals surface area contributed by atoms with E-state index in [1.165, 1.54) is 24.4 Å². The first-order valence-electron chi connectivity index (χ1n) is 5.57. The molecule has 8 heteroatoms. The first kappa shape index (κ1) is 16.7. The van der Waals surface area contributed by atoms with Crippen LogP contribution in [-0.4, -0.2) is 37.6 Å². The van der Waals surface area contributed by atoms with Crippen LogP contribution in [0.2, 0.25) is 0 Å². The smallest absolute Gasteiger partial charge is 0.218 e. The molecule has 19 heavy (non-hydrogen) atoms. The highest BCUT2D eigenvalue weighted by molar-refractivity contribution is 6.68. The molecule has 0 fully saturated rings. The minimum absolute atomic E-state index is 0.156. The molecular formula is C11H16Cl3N3O2. The van der Waals surface area contributed by atoms with Gasteiger partial charge in [0.25, 0.3) is 0 Å². The second-order valence-electron chi connectivity index (χ2n) is 5.13. The number of carbonyl (C=O) groups excluding carboxylic acids is 1. The fourth-order valence-electron chi connectivity index (χ4n) is 1.64. The molecule has 0 bridgehead atoms. The van der Waals surface area contributed by atoms with Gasteiger partial charge in [0.05, 0.1) is 0 Å². The quantitative estimate of drug-likeness (QED) is 0.798. The van der Waals surface area contributed by atoms with E-state index in [-0.39, 0.29) is 5.78 Å². The summed E-state index contributed by atoms with van der Waals surface area (Å²) in [5.41, 5.74) is -0.636. The van der Waals surface area contributed by atoms with Crippen LogP contribution in [0.25, 0.3) is 0 Å². The Hall–Kier alpha value is -0.360. The Labute approximate surface area is 127 Å². The van der Waals surface area contributed by atoms with Crippen LogP contribution in [0.5, 0.6) is 0 Å². The van der Waals surface area contributed by atoms with Gasteiger partial charge in [-0.3, -0.25) is 4.79 Å². The largest absolute Gasteiger partial charge is 0.374 e. The number of methoxy groups -OCH3 is 1. The maximum Gasteiger partial charge on any atom is 0.218 e. The zero-order chi connectivity index (χ0) is 14.8. The van der Waals surface area contributed by atoms with Gasteiger partial charge < -0.3 is 4.74 Å². The minimum atomic E-state index is -1.76. The molecule has 1 aromatic rings. The third-order valence-corrected chi connectivity index (χ3v) is 3.24. The Balaban J connectivity index is 3.24. The lowest BCUT2D eigenvalue weighted by Crippen LogP contribution is -2.45. The first-order valence-corrected chi connectivity index (χ1v) is 6.70. The summed E-state index contributed by atoms with van der Waals surface area (Å²) in [5.74, 6) is -0.156. The van der Waals surface area contributed by atoms with E-state index in [4.69, 9.17) is 39.5 Å². The number of halogens is 3. The molecule has 108 valence electrons. The van der Waals surface area contributed by atoms with E-state index in [0.29, 0.717) is 0 Å². The standard InChI is InChI=1S/C11H16Cl3N3O2/c1-10(2,3)8(18)7(17-6-15-5-16-17)9(19-4)11(12,13)14/h5-7,9H,1-4H3. The fraction of sp³-hybridized carbons (Fsp3) is 0.727. The SMILES string of the molecule is COC(C(C(=O)C(C)(C)C)n1cncn1)C(Cl)(Cl)Cl. The van der Waals surface area contributed by atoms with Crippen molar-refractivity contribution in [1.29, 1.82) is 0 Å². The van der Waals surface area contributed by atoms with Gasteiger partial charge in [-0.1, -0.05) is 55.6 Å². The summed E-state index contributed by atoms with van der Waals surface area (Å²) in [6.45, 7) is 5.35. The van der Waals surface area contributed by atoms with Crippen LogP contribution in [0, 0.1) is 5.41 Å². The maximum atomic E-state index is 12.6. The van der Waals surface area contributed by atoms with E-state index in [2.05, 4.69) is 10.1 Å². The third-order valence-electron chi connectivity index (χ3n) is 2.59. The number of hydrogen-bond acceptors (Lipinski definition) is 4. The molecular weight excluding hydrogens is 312 g/mol. The van der Waals surface area contributed by atoms with E-state index in [0.717, 1.165) is 0 Å². The molecule has 0 aromatic carbocycles. The van der Waals surface area contributed by atoms with E-state index >= 15 is 0 Å². The fourth-order valence-corrected chi connectivity index (χ4v) is 2.27. The van der Waals surface area contributed by atoms with E-state index < -0.39 is 21.4 Å². The summed E-state index contributed by atoms with van der Waals surface area (Å²) >= 11 is 17.7. The lowest BCUT2D eigenvalue weighted by atomic mass is 9.84. The first-order chi connectivity index (χ1) is 8.59. The number of aromatic nitrogens is 3. The number of ether oxygens (including phenoxy) is 1. The maximum absolute atomic E-state index is 12.6. The third kappa shape index (κ3) is 4.05. The minimum Gasteiger partial charge on any atom is -0.374 e. The molecule has 1 rings (SSSR count). The number of Topliss-reactive ketones (excluding diaryl/α,β-unsaturated/α-hetero) is 1. The monoisotopic (exact) mass is 327 g/mol. The van der Waals surface area contributed by atoms with E-state index in [1.807, 2.05) is 0 Å². The van der Waals surface area contributed by atoms with Crippen LogP contribution in [0.3, 0.4) is 0 Å². The highest BCUT2D eigenvalue weighted by atomic mass is 35.6. The molecule has 2 atom stereocenters. The van der Waals surface area contributed by atoms with Gasteiger partial charge in [0.1, 0.15) is 24.8 Å². The summed E-state index contributed by atoms with van der Waals surface area (Å²) in [5, 5.41) is 3.96. The van der Waals surface area contributed by atoms with Crippen molar-refractivity contribution in [2.75, 3.05) is 7.11 Å². The summed E-state index contributed by atoms with van der Waals surface area (Å²) in [6, 6.07) is -0.861. The number of hydrogen-bond donors (Lipinski definition) is 0. The van der Waals surface area contributed by atoms with Gasteiger partial charge in [-0.15, -0.1) is 0 Å². The van der Waals surface area contributed by atoms with Crippen molar-refractivity contribution in [3.8, 4) is 0 Å². The number of alkyl halides is 3. The van der Waals surface area contributed by atoms with Crippen LogP contribution >= 0.6 is 34.8 Å². The van der Waals surface area contributed by atoms with Gasteiger partial charge in [-0.05, 0) is 0 Å². The van der Waals surface area contributed by atoms with Gasteiger partial charge >= 0.3 is 0 Å². The Morgan fingerprint density at radius 3 is 2.21 bits per heavy atom. The summed E-state index contributed by atoms with van der Waals surface area (Å²) in [6.07, 6.45) is 1.75. The zero-order valence-corrected chi connectivity index (χ0v) is 13.4. The molecule has 0 aliphatic carbocycles. The number of rotatable bonds is 4. The van der Waals surface area contributed by atoms with Crippen LogP contribution in [0.15, 0.2) is 12.7 Å². The summed E-state index contributed by atoms with van der Waals surface area (Å²) in [7, 11) is 1.38. The molecule has 0 aliphatic heterocycles. The Bertz CT molecular complexity index is 423. The van der Waals surface area contributed by atoms with Gasteiger partial charge in [-0.2, -0.15) is 5.10 Å². The molecule has 1 aromatic heterocycles. The van der Waals surface area contributed by atoms with Crippen molar-refractivity contribution in [1.82, 2.24) is 14.8 Å². The van der Waals surface area contributed by atoms with Crippen molar-refractivity contribution in [2.45, 2.75) is 36.7 Å².